The minimum atomic E-state index is -0.0548. The number of anilines is 1. The number of H-pyrrole nitrogens is 1. The number of nitrogens with zero attached hydrogens (tertiary/aromatic N) is 1. The largest absolute Gasteiger partial charge is 0.326 e. The molecule has 2 aromatic rings. The molecule has 2 rings (SSSR count). The molecule has 0 aliphatic rings. The molecular formula is C13H16N4O. The van der Waals surface area contributed by atoms with Gasteiger partial charge in [0.25, 0.3) is 0 Å². The Hall–Kier alpha value is -2.14. The van der Waals surface area contributed by atoms with Crippen molar-refractivity contribution in [2.75, 3.05) is 5.32 Å². The summed E-state index contributed by atoms with van der Waals surface area (Å²) < 4.78 is 0. The van der Waals surface area contributed by atoms with E-state index in [9.17, 15) is 4.79 Å². The van der Waals surface area contributed by atoms with Gasteiger partial charge in [-0.3, -0.25) is 9.89 Å². The van der Waals surface area contributed by atoms with Gasteiger partial charge in [-0.05, 0) is 17.7 Å². The molecule has 0 bridgehead atoms. The van der Waals surface area contributed by atoms with E-state index in [0.29, 0.717) is 0 Å². The average molecular weight is 244 g/mol. The van der Waals surface area contributed by atoms with E-state index >= 15 is 0 Å². The Morgan fingerprint density at radius 3 is 2.56 bits per heavy atom. The molecule has 0 saturated carbocycles. The van der Waals surface area contributed by atoms with Crippen LogP contribution in [0.25, 0.3) is 0 Å². The quantitative estimate of drug-likeness (QED) is 0.749. The van der Waals surface area contributed by atoms with Crippen LogP contribution in [0.1, 0.15) is 18.1 Å². The highest BCUT2D eigenvalue weighted by molar-refractivity contribution is 5.88. The summed E-state index contributed by atoms with van der Waals surface area (Å²) in [5, 5.41) is 12.7. The van der Waals surface area contributed by atoms with E-state index in [-0.39, 0.29) is 5.91 Å². The van der Waals surface area contributed by atoms with Crippen molar-refractivity contribution in [3.8, 4) is 0 Å². The molecular weight excluding hydrogens is 228 g/mol. The molecule has 5 heteroatoms. The van der Waals surface area contributed by atoms with E-state index in [2.05, 4.69) is 20.8 Å². The summed E-state index contributed by atoms with van der Waals surface area (Å²) in [7, 11) is 0. The van der Waals surface area contributed by atoms with Crippen molar-refractivity contribution in [2.45, 2.75) is 20.0 Å². The summed E-state index contributed by atoms with van der Waals surface area (Å²) in [5.41, 5.74) is 3.12. The van der Waals surface area contributed by atoms with Crippen LogP contribution in [-0.2, 0) is 17.9 Å². The topological polar surface area (TPSA) is 69.8 Å². The van der Waals surface area contributed by atoms with E-state index in [1.54, 1.807) is 6.20 Å². The predicted octanol–water partition coefficient (Wildman–Crippen LogP) is 1.66. The standard InChI is InChI=1S/C13H16N4O/c1-10(18)17-13-4-2-11(3-5-13)6-14-7-12-8-15-16-9-12/h2-5,8-9,14H,6-7H2,1H3,(H,15,16)(H,17,18). The first-order valence-corrected chi connectivity index (χ1v) is 5.79. The van der Waals surface area contributed by atoms with Crippen LogP contribution in [0.5, 0.6) is 0 Å². The SMILES string of the molecule is CC(=O)Nc1ccc(CNCc2cn[nH]c2)cc1. The zero-order chi connectivity index (χ0) is 12.8. The molecule has 5 nitrogen and oxygen atoms in total. The van der Waals surface area contributed by atoms with Gasteiger partial charge in [-0.15, -0.1) is 0 Å². The highest BCUT2D eigenvalue weighted by Crippen LogP contribution is 2.09. The van der Waals surface area contributed by atoms with E-state index in [0.717, 1.165) is 24.3 Å². The third-order valence-corrected chi connectivity index (χ3v) is 2.49. The van der Waals surface area contributed by atoms with Crippen molar-refractivity contribution in [1.29, 1.82) is 0 Å². The molecule has 0 spiro atoms. The lowest BCUT2D eigenvalue weighted by Gasteiger charge is -2.05. The maximum Gasteiger partial charge on any atom is 0.221 e. The lowest BCUT2D eigenvalue weighted by molar-refractivity contribution is -0.114. The van der Waals surface area contributed by atoms with E-state index < -0.39 is 0 Å². The summed E-state index contributed by atoms with van der Waals surface area (Å²) in [6.07, 6.45) is 3.67. The van der Waals surface area contributed by atoms with Crippen LogP contribution >= 0.6 is 0 Å². The zero-order valence-electron chi connectivity index (χ0n) is 10.2. The van der Waals surface area contributed by atoms with Gasteiger partial charge in [-0.2, -0.15) is 5.10 Å². The number of rotatable bonds is 5. The van der Waals surface area contributed by atoms with Crippen molar-refractivity contribution in [1.82, 2.24) is 15.5 Å². The van der Waals surface area contributed by atoms with Gasteiger partial charge >= 0.3 is 0 Å². The second-order valence-corrected chi connectivity index (χ2v) is 4.09. The molecule has 1 amide bonds. The molecule has 0 radical (unpaired) electrons. The van der Waals surface area contributed by atoms with Gasteiger partial charge in [0.15, 0.2) is 0 Å². The first-order valence-electron chi connectivity index (χ1n) is 5.79. The molecule has 0 atom stereocenters. The van der Waals surface area contributed by atoms with E-state index in [1.165, 1.54) is 12.5 Å². The number of aromatic amines is 1. The number of benzene rings is 1. The molecule has 3 N–H and O–H groups in total. The normalized spacial score (nSPS) is 10.3. The van der Waals surface area contributed by atoms with Crippen LogP contribution in [0.4, 0.5) is 5.69 Å². The average Bonchev–Trinajstić information content (AvgIpc) is 2.84. The van der Waals surface area contributed by atoms with Gasteiger partial charge in [-0.1, -0.05) is 12.1 Å². The molecule has 94 valence electrons. The fourth-order valence-corrected chi connectivity index (χ4v) is 1.63. The number of carbonyl (C=O) groups excluding carboxylic acids is 1. The Bertz CT molecular complexity index is 490. The number of aromatic nitrogens is 2. The van der Waals surface area contributed by atoms with Crippen LogP contribution in [0.3, 0.4) is 0 Å². The Labute approximate surface area is 106 Å². The van der Waals surface area contributed by atoms with Crippen LogP contribution < -0.4 is 10.6 Å². The fraction of sp³-hybridized carbons (Fsp3) is 0.231. The van der Waals surface area contributed by atoms with Crippen LogP contribution in [-0.4, -0.2) is 16.1 Å². The summed E-state index contributed by atoms with van der Waals surface area (Å²) in [6, 6.07) is 7.79. The molecule has 0 unspecified atom stereocenters. The summed E-state index contributed by atoms with van der Waals surface area (Å²) >= 11 is 0. The summed E-state index contributed by atoms with van der Waals surface area (Å²) in [5.74, 6) is -0.0548. The number of hydrogen-bond acceptors (Lipinski definition) is 3. The zero-order valence-corrected chi connectivity index (χ0v) is 10.2. The maximum atomic E-state index is 10.9. The van der Waals surface area contributed by atoms with Gasteiger partial charge in [-0.25, -0.2) is 0 Å². The van der Waals surface area contributed by atoms with Crippen molar-refractivity contribution < 1.29 is 4.79 Å². The minimum absolute atomic E-state index is 0.0548. The van der Waals surface area contributed by atoms with Crippen LogP contribution in [0.2, 0.25) is 0 Å². The lowest BCUT2D eigenvalue weighted by Crippen LogP contribution is -2.12. The van der Waals surface area contributed by atoms with Crippen molar-refractivity contribution in [3.63, 3.8) is 0 Å². The Morgan fingerprint density at radius 2 is 1.94 bits per heavy atom. The van der Waals surface area contributed by atoms with Gasteiger partial charge < -0.3 is 10.6 Å². The Kier molecular flexibility index (Phi) is 4.09. The molecule has 0 aliphatic heterocycles. The lowest BCUT2D eigenvalue weighted by atomic mass is 10.2. The highest BCUT2D eigenvalue weighted by atomic mass is 16.1. The van der Waals surface area contributed by atoms with Crippen molar-refractivity contribution in [3.05, 3.63) is 47.8 Å². The van der Waals surface area contributed by atoms with E-state index in [4.69, 9.17) is 0 Å². The molecule has 0 fully saturated rings. The number of nitrogens with one attached hydrogen (secondary N) is 3. The molecule has 18 heavy (non-hydrogen) atoms. The third-order valence-electron chi connectivity index (χ3n) is 2.49. The summed E-state index contributed by atoms with van der Waals surface area (Å²) in [6.45, 7) is 3.07. The first kappa shape index (κ1) is 12.3. The molecule has 1 aromatic carbocycles. The van der Waals surface area contributed by atoms with Gasteiger partial charge in [0.2, 0.25) is 5.91 Å². The smallest absolute Gasteiger partial charge is 0.221 e. The summed E-state index contributed by atoms with van der Waals surface area (Å²) in [4.78, 5) is 10.9. The van der Waals surface area contributed by atoms with Gasteiger partial charge in [0, 0.05) is 37.5 Å². The maximum absolute atomic E-state index is 10.9. The monoisotopic (exact) mass is 244 g/mol. The second-order valence-electron chi connectivity index (χ2n) is 4.09. The highest BCUT2D eigenvalue weighted by Gasteiger charge is 1.97. The Morgan fingerprint density at radius 1 is 1.22 bits per heavy atom. The van der Waals surface area contributed by atoms with Crippen LogP contribution in [0, 0.1) is 0 Å². The van der Waals surface area contributed by atoms with Crippen molar-refractivity contribution >= 4 is 11.6 Å². The Balaban J connectivity index is 1.81. The van der Waals surface area contributed by atoms with Gasteiger partial charge in [0.1, 0.15) is 0 Å². The minimum Gasteiger partial charge on any atom is -0.326 e. The van der Waals surface area contributed by atoms with Gasteiger partial charge in [0.05, 0.1) is 6.20 Å². The van der Waals surface area contributed by atoms with Crippen molar-refractivity contribution in [2.24, 2.45) is 0 Å². The fourth-order valence-electron chi connectivity index (χ4n) is 1.63. The second kappa shape index (κ2) is 5.97. The molecule has 0 saturated heterocycles. The van der Waals surface area contributed by atoms with Crippen LogP contribution in [0.15, 0.2) is 36.7 Å². The predicted molar refractivity (Wildman–Crippen MR) is 69.9 cm³/mol. The number of carbonyl (C=O) groups is 1. The van der Waals surface area contributed by atoms with E-state index in [1.807, 2.05) is 30.5 Å². The molecule has 1 aromatic heterocycles. The first-order chi connectivity index (χ1) is 8.74. The number of hydrogen-bond donors (Lipinski definition) is 3. The molecule has 1 heterocycles. The third kappa shape index (κ3) is 3.71. The molecule has 0 aliphatic carbocycles. The number of amides is 1.